The average molecular weight is 461 g/mol. The lowest BCUT2D eigenvalue weighted by atomic mass is 10.2. The van der Waals surface area contributed by atoms with Crippen molar-refractivity contribution in [3.05, 3.63) is 65.3 Å². The van der Waals surface area contributed by atoms with Crippen LogP contribution < -0.4 is 0 Å². The van der Waals surface area contributed by atoms with Gasteiger partial charge in [0, 0.05) is 35.2 Å². The number of fused-ring (bicyclic) bond motifs is 1. The highest BCUT2D eigenvalue weighted by Crippen LogP contribution is 2.29. The molecular formula is C23H25ClN2O4S. The lowest BCUT2D eigenvalue weighted by Crippen LogP contribution is -2.49. The summed E-state index contributed by atoms with van der Waals surface area (Å²) in [6.07, 6.45) is 1.52. The van der Waals surface area contributed by atoms with E-state index in [0.717, 1.165) is 0 Å². The van der Waals surface area contributed by atoms with Gasteiger partial charge >= 0.3 is 0 Å². The second-order valence-corrected chi connectivity index (χ2v) is 10.4. The Morgan fingerprint density at radius 1 is 1.06 bits per heavy atom. The maximum absolute atomic E-state index is 13.3. The Morgan fingerprint density at radius 3 is 2.42 bits per heavy atom. The van der Waals surface area contributed by atoms with Gasteiger partial charge in [0.2, 0.25) is 5.91 Å². The third-order valence-corrected chi connectivity index (χ3v) is 7.52. The Kier molecular flexibility index (Phi) is 6.10. The van der Waals surface area contributed by atoms with Crippen LogP contribution in [0.1, 0.15) is 19.4 Å². The smallest absolute Gasteiger partial charge is 0.242 e. The van der Waals surface area contributed by atoms with Gasteiger partial charge in [0.15, 0.2) is 9.84 Å². The highest BCUT2D eigenvalue weighted by molar-refractivity contribution is 7.90. The van der Waals surface area contributed by atoms with Gasteiger partial charge in [-0.2, -0.15) is 0 Å². The number of carbonyl (C=O) groups is 1. The standard InChI is InChI=1S/C23H25ClN2O4S/c1-16-11-26(12-17(2)30-16)23(27)14-25-13-22(19-8-4-6-10-21(19)25)31(28,29)15-18-7-3-5-9-20(18)24/h3-10,13,16-17H,11-12,14-15H2,1-2H3/t16-,17-/m1/s1. The van der Waals surface area contributed by atoms with Gasteiger partial charge in [-0.15, -0.1) is 0 Å². The molecule has 1 aliphatic rings. The molecule has 0 spiro atoms. The summed E-state index contributed by atoms with van der Waals surface area (Å²) in [5.74, 6) is -0.259. The van der Waals surface area contributed by atoms with E-state index in [9.17, 15) is 13.2 Å². The molecule has 1 aromatic heterocycles. The van der Waals surface area contributed by atoms with Gasteiger partial charge < -0.3 is 14.2 Å². The van der Waals surface area contributed by atoms with Crippen molar-refractivity contribution in [2.45, 2.75) is 43.2 Å². The zero-order valence-electron chi connectivity index (χ0n) is 17.5. The summed E-state index contributed by atoms with van der Waals surface area (Å²) in [5.41, 5.74) is 1.26. The van der Waals surface area contributed by atoms with Gasteiger partial charge in [-0.25, -0.2) is 8.42 Å². The van der Waals surface area contributed by atoms with E-state index >= 15 is 0 Å². The number of sulfone groups is 1. The minimum Gasteiger partial charge on any atom is -0.372 e. The van der Waals surface area contributed by atoms with Crippen LogP contribution in [-0.2, 0) is 31.7 Å². The van der Waals surface area contributed by atoms with Crippen molar-refractivity contribution in [3.63, 3.8) is 0 Å². The number of aromatic nitrogens is 1. The van der Waals surface area contributed by atoms with Crippen LogP contribution in [0.25, 0.3) is 10.9 Å². The van der Waals surface area contributed by atoms with Crippen LogP contribution in [0.3, 0.4) is 0 Å². The molecule has 2 atom stereocenters. The number of benzene rings is 2. The largest absolute Gasteiger partial charge is 0.372 e. The lowest BCUT2D eigenvalue weighted by Gasteiger charge is -2.35. The first-order valence-corrected chi connectivity index (χ1v) is 12.2. The maximum Gasteiger partial charge on any atom is 0.242 e. The van der Waals surface area contributed by atoms with Gasteiger partial charge in [0.1, 0.15) is 6.54 Å². The number of para-hydroxylation sites is 1. The van der Waals surface area contributed by atoms with Crippen molar-refractivity contribution in [3.8, 4) is 0 Å². The summed E-state index contributed by atoms with van der Waals surface area (Å²) in [4.78, 5) is 15.0. The molecule has 1 amide bonds. The van der Waals surface area contributed by atoms with Crippen LogP contribution in [-0.4, -0.2) is 49.1 Å². The summed E-state index contributed by atoms with van der Waals surface area (Å²) >= 11 is 6.19. The molecule has 0 bridgehead atoms. The van der Waals surface area contributed by atoms with Crippen molar-refractivity contribution in [2.24, 2.45) is 0 Å². The predicted molar refractivity (Wildman–Crippen MR) is 121 cm³/mol. The summed E-state index contributed by atoms with van der Waals surface area (Å²) in [5, 5.41) is 1.02. The Bertz CT molecular complexity index is 1210. The van der Waals surface area contributed by atoms with E-state index in [-0.39, 0.29) is 35.3 Å². The first kappa shape index (κ1) is 21.9. The van der Waals surface area contributed by atoms with E-state index < -0.39 is 9.84 Å². The molecule has 31 heavy (non-hydrogen) atoms. The fourth-order valence-corrected chi connectivity index (χ4v) is 6.01. The number of rotatable bonds is 5. The van der Waals surface area contributed by atoms with Crippen molar-refractivity contribution >= 4 is 38.2 Å². The number of ether oxygens (including phenoxy) is 1. The average Bonchev–Trinajstić information content (AvgIpc) is 3.08. The number of carbonyl (C=O) groups excluding carboxylic acids is 1. The molecule has 0 aliphatic carbocycles. The molecule has 0 radical (unpaired) electrons. The molecule has 0 unspecified atom stereocenters. The second-order valence-electron chi connectivity index (χ2n) is 8.04. The van der Waals surface area contributed by atoms with E-state index in [1.54, 1.807) is 52.1 Å². The number of hydrogen-bond acceptors (Lipinski definition) is 4. The Hall–Kier alpha value is -2.35. The monoisotopic (exact) mass is 460 g/mol. The minimum atomic E-state index is -3.67. The van der Waals surface area contributed by atoms with E-state index in [0.29, 0.717) is 34.6 Å². The topological polar surface area (TPSA) is 68.6 Å². The van der Waals surface area contributed by atoms with Crippen molar-refractivity contribution < 1.29 is 17.9 Å². The number of morpholine rings is 1. The van der Waals surface area contributed by atoms with Crippen LogP contribution in [0.2, 0.25) is 5.02 Å². The SMILES string of the molecule is C[C@@H]1CN(C(=O)Cn2cc(S(=O)(=O)Cc3ccccc3Cl)c3ccccc32)C[C@@H](C)O1. The van der Waals surface area contributed by atoms with Crippen LogP contribution in [0.15, 0.2) is 59.6 Å². The van der Waals surface area contributed by atoms with Gasteiger partial charge in [-0.1, -0.05) is 48.0 Å². The molecule has 3 aromatic rings. The van der Waals surface area contributed by atoms with Crippen LogP contribution in [0.4, 0.5) is 0 Å². The number of amides is 1. The zero-order chi connectivity index (χ0) is 22.2. The van der Waals surface area contributed by atoms with Gasteiger partial charge in [-0.05, 0) is 31.5 Å². The van der Waals surface area contributed by atoms with Crippen molar-refractivity contribution in [2.75, 3.05) is 13.1 Å². The van der Waals surface area contributed by atoms with Crippen molar-refractivity contribution in [1.82, 2.24) is 9.47 Å². The fraction of sp³-hybridized carbons (Fsp3) is 0.348. The quantitative estimate of drug-likeness (QED) is 0.579. The van der Waals surface area contributed by atoms with E-state index in [4.69, 9.17) is 16.3 Å². The molecule has 164 valence electrons. The van der Waals surface area contributed by atoms with Crippen LogP contribution in [0.5, 0.6) is 0 Å². The normalized spacial score (nSPS) is 19.6. The van der Waals surface area contributed by atoms with E-state index in [1.807, 2.05) is 26.0 Å². The maximum atomic E-state index is 13.3. The number of halogens is 1. The Labute approximate surface area is 187 Å². The third-order valence-electron chi connectivity index (χ3n) is 5.47. The summed E-state index contributed by atoms with van der Waals surface area (Å²) in [6, 6.07) is 14.2. The summed E-state index contributed by atoms with van der Waals surface area (Å²) < 4.78 is 34.0. The summed E-state index contributed by atoms with van der Waals surface area (Å²) in [7, 11) is -3.67. The zero-order valence-corrected chi connectivity index (χ0v) is 19.1. The lowest BCUT2D eigenvalue weighted by molar-refractivity contribution is -0.143. The van der Waals surface area contributed by atoms with Crippen molar-refractivity contribution in [1.29, 1.82) is 0 Å². The molecule has 8 heteroatoms. The molecule has 1 saturated heterocycles. The Morgan fingerprint density at radius 2 is 1.71 bits per heavy atom. The van der Waals surface area contributed by atoms with Gasteiger partial charge in [-0.3, -0.25) is 4.79 Å². The molecule has 0 saturated carbocycles. The second kappa shape index (κ2) is 8.65. The highest BCUT2D eigenvalue weighted by atomic mass is 35.5. The van der Waals surface area contributed by atoms with Crippen LogP contribution >= 0.6 is 11.6 Å². The third kappa shape index (κ3) is 4.63. The molecular weight excluding hydrogens is 436 g/mol. The molecule has 6 nitrogen and oxygen atoms in total. The molecule has 2 heterocycles. The predicted octanol–water partition coefficient (Wildman–Crippen LogP) is 3.90. The van der Waals surface area contributed by atoms with Gasteiger partial charge in [0.05, 0.1) is 22.9 Å². The molecule has 4 rings (SSSR count). The fourth-order valence-electron chi connectivity index (χ4n) is 4.12. The van der Waals surface area contributed by atoms with E-state index in [2.05, 4.69) is 0 Å². The Balaban J connectivity index is 1.66. The molecule has 0 N–H and O–H groups in total. The molecule has 2 aromatic carbocycles. The minimum absolute atomic E-state index is 0.0272. The van der Waals surface area contributed by atoms with Gasteiger partial charge in [0.25, 0.3) is 0 Å². The number of nitrogens with zero attached hydrogens (tertiary/aromatic N) is 2. The first-order valence-electron chi connectivity index (χ1n) is 10.2. The van der Waals surface area contributed by atoms with E-state index in [1.165, 1.54) is 0 Å². The number of hydrogen-bond donors (Lipinski definition) is 0. The van der Waals surface area contributed by atoms with Crippen LogP contribution in [0, 0.1) is 0 Å². The molecule has 1 fully saturated rings. The first-order chi connectivity index (χ1) is 14.7. The summed E-state index contributed by atoms with van der Waals surface area (Å²) in [6.45, 7) is 5.02. The highest BCUT2D eigenvalue weighted by Gasteiger charge is 2.27. The molecule has 1 aliphatic heterocycles.